The Hall–Kier alpha value is -0.340. The monoisotopic (exact) mass is 309 g/mol. The van der Waals surface area contributed by atoms with Crippen molar-refractivity contribution in [3.63, 3.8) is 0 Å². The second-order valence-corrected chi connectivity index (χ2v) is 6.33. The van der Waals surface area contributed by atoms with E-state index in [1.54, 1.807) is 0 Å². The van der Waals surface area contributed by atoms with Crippen molar-refractivity contribution < 1.29 is 0 Å². The Labute approximate surface area is 119 Å². The molecular weight excluding hydrogens is 286 g/mol. The van der Waals surface area contributed by atoms with Gasteiger partial charge in [-0.1, -0.05) is 53.9 Å². The maximum absolute atomic E-state index is 3.71. The van der Waals surface area contributed by atoms with Crippen molar-refractivity contribution in [1.82, 2.24) is 5.32 Å². The zero-order chi connectivity index (χ0) is 12.8. The number of halogens is 1. The number of rotatable bonds is 5. The lowest BCUT2D eigenvalue weighted by atomic mass is 9.83. The van der Waals surface area contributed by atoms with Crippen molar-refractivity contribution in [2.75, 3.05) is 0 Å². The topological polar surface area (TPSA) is 12.0 Å². The molecular formula is C16H24BrN. The molecule has 18 heavy (non-hydrogen) atoms. The van der Waals surface area contributed by atoms with Gasteiger partial charge >= 0.3 is 0 Å². The van der Waals surface area contributed by atoms with E-state index in [2.05, 4.69) is 52.4 Å². The lowest BCUT2D eigenvalue weighted by molar-refractivity contribution is 0.277. The minimum absolute atomic E-state index is 0.727. The number of hydrogen-bond acceptors (Lipinski definition) is 1. The predicted molar refractivity (Wildman–Crippen MR) is 81.6 cm³/mol. The van der Waals surface area contributed by atoms with Gasteiger partial charge in [0.15, 0.2) is 0 Å². The first-order chi connectivity index (χ1) is 8.79. The first-order valence-electron chi connectivity index (χ1n) is 7.26. The molecule has 1 saturated carbocycles. The van der Waals surface area contributed by atoms with Gasteiger partial charge in [0.2, 0.25) is 0 Å². The molecule has 0 spiro atoms. The van der Waals surface area contributed by atoms with Crippen molar-refractivity contribution in [2.24, 2.45) is 5.92 Å². The van der Waals surface area contributed by atoms with Crippen LogP contribution in [0.1, 0.15) is 51.0 Å². The molecule has 0 aliphatic heterocycles. The first kappa shape index (κ1) is 14.1. The van der Waals surface area contributed by atoms with E-state index in [9.17, 15) is 0 Å². The molecule has 0 unspecified atom stereocenters. The van der Waals surface area contributed by atoms with Gasteiger partial charge < -0.3 is 5.32 Å². The molecule has 0 aromatic heterocycles. The summed E-state index contributed by atoms with van der Waals surface area (Å²) in [6.45, 7) is 3.29. The highest BCUT2D eigenvalue weighted by Crippen LogP contribution is 2.28. The lowest BCUT2D eigenvalue weighted by Gasteiger charge is -2.29. The Morgan fingerprint density at radius 3 is 2.56 bits per heavy atom. The van der Waals surface area contributed by atoms with Gasteiger partial charge in [-0.15, -0.1) is 0 Å². The van der Waals surface area contributed by atoms with E-state index in [1.807, 2.05) is 0 Å². The van der Waals surface area contributed by atoms with E-state index in [-0.39, 0.29) is 0 Å². The van der Waals surface area contributed by atoms with E-state index in [1.165, 1.54) is 48.6 Å². The summed E-state index contributed by atoms with van der Waals surface area (Å²) in [5.41, 5.74) is 1.37. The number of hydrogen-bond donors (Lipinski definition) is 1. The van der Waals surface area contributed by atoms with Crippen LogP contribution < -0.4 is 5.32 Å². The molecule has 1 aromatic rings. The quantitative estimate of drug-likeness (QED) is 0.816. The highest BCUT2D eigenvalue weighted by Gasteiger charge is 2.19. The molecule has 0 amide bonds. The van der Waals surface area contributed by atoms with E-state index in [0.717, 1.165) is 18.5 Å². The molecule has 0 heterocycles. The largest absolute Gasteiger partial charge is 0.310 e. The Morgan fingerprint density at radius 1 is 1.17 bits per heavy atom. The highest BCUT2D eigenvalue weighted by molar-refractivity contribution is 9.10. The number of benzene rings is 1. The van der Waals surface area contributed by atoms with Crippen molar-refractivity contribution >= 4 is 15.9 Å². The molecule has 2 rings (SSSR count). The summed E-state index contributed by atoms with van der Waals surface area (Å²) in [6.07, 6.45) is 8.32. The molecule has 0 saturated heterocycles. The minimum Gasteiger partial charge on any atom is -0.310 e. The van der Waals surface area contributed by atoms with E-state index in [4.69, 9.17) is 0 Å². The summed E-state index contributed by atoms with van der Waals surface area (Å²) in [4.78, 5) is 0. The van der Waals surface area contributed by atoms with E-state index in [0.29, 0.717) is 0 Å². The van der Waals surface area contributed by atoms with Gasteiger partial charge in [0, 0.05) is 17.1 Å². The third-order valence-corrected chi connectivity index (χ3v) is 4.86. The molecule has 0 atom stereocenters. The Balaban J connectivity index is 1.74. The zero-order valence-electron chi connectivity index (χ0n) is 11.3. The van der Waals surface area contributed by atoms with Crippen LogP contribution >= 0.6 is 15.9 Å². The molecule has 1 nitrogen and oxygen atoms in total. The number of nitrogens with one attached hydrogen (secondary N) is 1. The van der Waals surface area contributed by atoms with Gasteiger partial charge in [-0.3, -0.25) is 0 Å². The SMILES string of the molecule is CCCC1CCC(NCc2ccccc2Br)CC1. The zero-order valence-corrected chi connectivity index (χ0v) is 12.9. The fourth-order valence-electron chi connectivity index (χ4n) is 2.96. The normalized spacial score (nSPS) is 24.1. The van der Waals surface area contributed by atoms with Crippen LogP contribution in [0.5, 0.6) is 0 Å². The molecule has 2 heteroatoms. The van der Waals surface area contributed by atoms with Crippen molar-refractivity contribution in [3.05, 3.63) is 34.3 Å². The molecule has 1 aliphatic carbocycles. The van der Waals surface area contributed by atoms with Gasteiger partial charge in [-0.05, 0) is 43.2 Å². The van der Waals surface area contributed by atoms with Crippen molar-refractivity contribution in [2.45, 2.75) is 58.0 Å². The van der Waals surface area contributed by atoms with Crippen molar-refractivity contribution in [1.29, 1.82) is 0 Å². The van der Waals surface area contributed by atoms with Crippen LogP contribution in [-0.2, 0) is 6.54 Å². The second kappa shape index (κ2) is 7.30. The predicted octanol–water partition coefficient (Wildman–Crippen LogP) is 4.90. The van der Waals surface area contributed by atoms with Crippen LogP contribution in [0.3, 0.4) is 0 Å². The third-order valence-electron chi connectivity index (χ3n) is 4.08. The van der Waals surface area contributed by atoms with Crippen LogP contribution in [0, 0.1) is 5.92 Å². The molecule has 0 bridgehead atoms. The minimum atomic E-state index is 0.727. The van der Waals surface area contributed by atoms with E-state index >= 15 is 0 Å². The summed E-state index contributed by atoms with van der Waals surface area (Å²) in [5, 5.41) is 3.71. The standard InChI is InChI=1S/C16H24BrN/c1-2-5-13-8-10-15(11-9-13)18-12-14-6-3-4-7-16(14)17/h3-4,6-7,13,15,18H,2,5,8-12H2,1H3. The van der Waals surface area contributed by atoms with Gasteiger partial charge in [0.25, 0.3) is 0 Å². The van der Waals surface area contributed by atoms with E-state index < -0.39 is 0 Å². The summed E-state index contributed by atoms with van der Waals surface area (Å²) >= 11 is 3.61. The van der Waals surface area contributed by atoms with Crippen LogP contribution in [0.4, 0.5) is 0 Å². The molecule has 0 radical (unpaired) electrons. The Kier molecular flexibility index (Phi) is 5.71. The smallest absolute Gasteiger partial charge is 0.0220 e. The summed E-state index contributed by atoms with van der Waals surface area (Å²) < 4.78 is 1.22. The highest BCUT2D eigenvalue weighted by atomic mass is 79.9. The van der Waals surface area contributed by atoms with Gasteiger partial charge in [-0.25, -0.2) is 0 Å². The van der Waals surface area contributed by atoms with Gasteiger partial charge in [0.05, 0.1) is 0 Å². The summed E-state index contributed by atoms with van der Waals surface area (Å²) in [6, 6.07) is 9.23. The van der Waals surface area contributed by atoms with Crippen LogP contribution in [0.2, 0.25) is 0 Å². The lowest BCUT2D eigenvalue weighted by Crippen LogP contribution is -2.32. The molecule has 1 aromatic carbocycles. The van der Waals surface area contributed by atoms with Crippen LogP contribution in [0.25, 0.3) is 0 Å². The second-order valence-electron chi connectivity index (χ2n) is 5.48. The molecule has 100 valence electrons. The van der Waals surface area contributed by atoms with Crippen LogP contribution in [-0.4, -0.2) is 6.04 Å². The van der Waals surface area contributed by atoms with Crippen LogP contribution in [0.15, 0.2) is 28.7 Å². The summed E-state index contributed by atoms with van der Waals surface area (Å²) in [5.74, 6) is 0.997. The van der Waals surface area contributed by atoms with Crippen molar-refractivity contribution in [3.8, 4) is 0 Å². The maximum Gasteiger partial charge on any atom is 0.0220 e. The fraction of sp³-hybridized carbons (Fsp3) is 0.625. The van der Waals surface area contributed by atoms with Gasteiger partial charge in [0.1, 0.15) is 0 Å². The van der Waals surface area contributed by atoms with Gasteiger partial charge in [-0.2, -0.15) is 0 Å². The summed E-state index contributed by atoms with van der Waals surface area (Å²) in [7, 11) is 0. The molecule has 1 N–H and O–H groups in total. The third kappa shape index (κ3) is 4.10. The Morgan fingerprint density at radius 2 is 1.89 bits per heavy atom. The average Bonchev–Trinajstić information content (AvgIpc) is 2.40. The maximum atomic E-state index is 3.71. The fourth-order valence-corrected chi connectivity index (χ4v) is 3.38. The first-order valence-corrected chi connectivity index (χ1v) is 8.05. The molecule has 1 aliphatic rings. The Bertz CT molecular complexity index is 356. The molecule has 1 fully saturated rings. The average molecular weight is 310 g/mol.